The fourth-order valence-electron chi connectivity index (χ4n) is 1.26. The first-order valence-corrected chi connectivity index (χ1v) is 5.10. The highest BCUT2D eigenvalue weighted by Crippen LogP contribution is 1.99. The van der Waals surface area contributed by atoms with Gasteiger partial charge in [0.2, 0.25) is 5.91 Å². The van der Waals surface area contributed by atoms with Crippen molar-refractivity contribution in [1.29, 1.82) is 0 Å². The zero-order valence-corrected chi connectivity index (χ0v) is 8.86. The van der Waals surface area contributed by atoms with Gasteiger partial charge in [0.15, 0.2) is 0 Å². The molecule has 0 bridgehead atoms. The Hall–Kier alpha value is -1.43. The Kier molecular flexibility index (Phi) is 4.76. The van der Waals surface area contributed by atoms with E-state index in [-0.39, 0.29) is 11.8 Å². The van der Waals surface area contributed by atoms with Gasteiger partial charge in [0.1, 0.15) is 12.2 Å². The van der Waals surface area contributed by atoms with E-state index in [1.54, 1.807) is 0 Å². The number of aromatic nitrogens is 3. The average Bonchev–Trinajstić information content (AvgIpc) is 2.72. The third-order valence-corrected chi connectivity index (χ3v) is 2.27. The van der Waals surface area contributed by atoms with E-state index < -0.39 is 0 Å². The van der Waals surface area contributed by atoms with Gasteiger partial charge in [-0.2, -0.15) is 5.10 Å². The number of nitrogens with zero attached hydrogens (tertiary/aromatic N) is 2. The lowest BCUT2D eigenvalue weighted by Crippen LogP contribution is -2.35. The normalized spacial score (nSPS) is 12.4. The van der Waals surface area contributed by atoms with Crippen molar-refractivity contribution in [2.24, 2.45) is 11.7 Å². The summed E-state index contributed by atoms with van der Waals surface area (Å²) in [6.45, 7) is 2.91. The highest BCUT2D eigenvalue weighted by molar-refractivity contribution is 5.78. The molecule has 1 heterocycles. The Morgan fingerprint density at radius 3 is 3.07 bits per heavy atom. The summed E-state index contributed by atoms with van der Waals surface area (Å²) >= 11 is 0. The molecule has 6 nitrogen and oxygen atoms in total. The first-order valence-electron chi connectivity index (χ1n) is 5.10. The van der Waals surface area contributed by atoms with E-state index in [4.69, 9.17) is 5.73 Å². The number of H-pyrrole nitrogens is 1. The van der Waals surface area contributed by atoms with Gasteiger partial charge in [-0.1, -0.05) is 6.92 Å². The Labute approximate surface area is 88.7 Å². The number of amides is 1. The minimum atomic E-state index is -0.0836. The van der Waals surface area contributed by atoms with Crippen LogP contribution in [0, 0.1) is 5.92 Å². The molecular weight excluding hydrogens is 194 g/mol. The molecule has 1 amide bonds. The molecule has 6 heteroatoms. The summed E-state index contributed by atoms with van der Waals surface area (Å²) in [5, 5.41) is 9.27. The molecule has 0 aliphatic heterocycles. The number of hydrogen-bond donors (Lipinski definition) is 3. The predicted octanol–water partition coefficient (Wildman–Crippen LogP) is -0.552. The van der Waals surface area contributed by atoms with Gasteiger partial charge in [-0.3, -0.25) is 9.89 Å². The Morgan fingerprint density at radius 1 is 1.73 bits per heavy atom. The van der Waals surface area contributed by atoms with Crippen LogP contribution in [-0.4, -0.2) is 34.2 Å². The van der Waals surface area contributed by atoms with Gasteiger partial charge in [-0.05, 0) is 6.42 Å². The molecule has 1 aromatic rings. The monoisotopic (exact) mass is 211 g/mol. The van der Waals surface area contributed by atoms with Gasteiger partial charge in [0.25, 0.3) is 0 Å². The van der Waals surface area contributed by atoms with E-state index in [1.165, 1.54) is 6.33 Å². The molecule has 0 radical (unpaired) electrons. The highest BCUT2D eigenvalue weighted by Gasteiger charge is 2.13. The molecule has 0 saturated heterocycles. The number of nitrogens with two attached hydrogens (primary N) is 1. The Morgan fingerprint density at radius 2 is 2.53 bits per heavy atom. The summed E-state index contributed by atoms with van der Waals surface area (Å²) in [6.07, 6.45) is 2.88. The van der Waals surface area contributed by atoms with E-state index in [2.05, 4.69) is 20.5 Å². The predicted molar refractivity (Wildman–Crippen MR) is 55.9 cm³/mol. The zero-order chi connectivity index (χ0) is 11.1. The standard InChI is InChI=1S/C9H17N5O/c1-2-7(5-10)9(15)11-4-3-8-12-6-13-14-8/h6-7H,2-5,10H2,1H3,(H,11,15)(H,12,13,14). The quantitative estimate of drug-likeness (QED) is 0.588. The van der Waals surface area contributed by atoms with Crippen molar-refractivity contribution in [3.05, 3.63) is 12.2 Å². The molecule has 1 rings (SSSR count). The second-order valence-electron chi connectivity index (χ2n) is 3.31. The maximum absolute atomic E-state index is 11.5. The van der Waals surface area contributed by atoms with Crippen molar-refractivity contribution in [2.45, 2.75) is 19.8 Å². The van der Waals surface area contributed by atoms with Crippen LogP contribution in [-0.2, 0) is 11.2 Å². The van der Waals surface area contributed by atoms with Gasteiger partial charge in [0.05, 0.1) is 0 Å². The van der Waals surface area contributed by atoms with Crippen LogP contribution in [0.25, 0.3) is 0 Å². The Bertz CT molecular complexity index is 281. The van der Waals surface area contributed by atoms with Crippen LogP contribution < -0.4 is 11.1 Å². The Balaban J connectivity index is 2.22. The van der Waals surface area contributed by atoms with E-state index >= 15 is 0 Å². The van der Waals surface area contributed by atoms with Gasteiger partial charge in [-0.15, -0.1) is 0 Å². The van der Waals surface area contributed by atoms with Gasteiger partial charge in [-0.25, -0.2) is 4.98 Å². The van der Waals surface area contributed by atoms with Crippen molar-refractivity contribution in [3.63, 3.8) is 0 Å². The molecule has 1 atom stereocenters. The van der Waals surface area contributed by atoms with Crippen LogP contribution in [0.3, 0.4) is 0 Å². The van der Waals surface area contributed by atoms with Gasteiger partial charge in [0, 0.05) is 25.4 Å². The van der Waals surface area contributed by atoms with E-state index in [1.807, 2.05) is 6.92 Å². The molecule has 0 aliphatic carbocycles. The van der Waals surface area contributed by atoms with E-state index in [0.29, 0.717) is 19.5 Å². The number of rotatable bonds is 6. The van der Waals surface area contributed by atoms with Crippen molar-refractivity contribution in [2.75, 3.05) is 13.1 Å². The van der Waals surface area contributed by atoms with Crippen LogP contribution in [0.15, 0.2) is 6.33 Å². The second-order valence-corrected chi connectivity index (χ2v) is 3.31. The molecule has 0 aromatic carbocycles. The first kappa shape index (κ1) is 11.6. The third-order valence-electron chi connectivity index (χ3n) is 2.27. The molecule has 84 valence electrons. The van der Waals surface area contributed by atoms with E-state index in [9.17, 15) is 4.79 Å². The number of nitrogens with one attached hydrogen (secondary N) is 2. The molecule has 0 aliphatic rings. The van der Waals surface area contributed by atoms with Crippen molar-refractivity contribution in [1.82, 2.24) is 20.5 Å². The maximum Gasteiger partial charge on any atom is 0.224 e. The first-order chi connectivity index (χ1) is 7.27. The molecular formula is C9H17N5O. The summed E-state index contributed by atoms with van der Waals surface area (Å²) in [7, 11) is 0. The summed E-state index contributed by atoms with van der Waals surface area (Å²) in [5.41, 5.74) is 5.46. The molecule has 0 fully saturated rings. The summed E-state index contributed by atoms with van der Waals surface area (Å²) < 4.78 is 0. The molecule has 0 spiro atoms. The van der Waals surface area contributed by atoms with Crippen LogP contribution >= 0.6 is 0 Å². The molecule has 1 aromatic heterocycles. The SMILES string of the molecule is CCC(CN)C(=O)NCCc1ncn[nH]1. The lowest BCUT2D eigenvalue weighted by molar-refractivity contribution is -0.124. The minimum absolute atomic E-state index is 0.0134. The number of aromatic amines is 1. The fourth-order valence-corrected chi connectivity index (χ4v) is 1.26. The van der Waals surface area contributed by atoms with Crippen LogP contribution in [0.5, 0.6) is 0 Å². The zero-order valence-electron chi connectivity index (χ0n) is 8.86. The fraction of sp³-hybridized carbons (Fsp3) is 0.667. The lowest BCUT2D eigenvalue weighted by atomic mass is 10.1. The molecule has 4 N–H and O–H groups in total. The molecule has 0 saturated carbocycles. The number of carbonyl (C=O) groups excluding carboxylic acids is 1. The van der Waals surface area contributed by atoms with Crippen molar-refractivity contribution >= 4 is 5.91 Å². The molecule has 15 heavy (non-hydrogen) atoms. The number of carbonyl (C=O) groups is 1. The summed E-state index contributed by atoms with van der Waals surface area (Å²) in [4.78, 5) is 15.5. The summed E-state index contributed by atoms with van der Waals surface area (Å²) in [6, 6.07) is 0. The average molecular weight is 211 g/mol. The maximum atomic E-state index is 11.5. The van der Waals surface area contributed by atoms with Crippen molar-refractivity contribution < 1.29 is 4.79 Å². The largest absolute Gasteiger partial charge is 0.355 e. The second kappa shape index (κ2) is 6.13. The van der Waals surface area contributed by atoms with E-state index in [0.717, 1.165) is 12.2 Å². The topological polar surface area (TPSA) is 96.7 Å². The third kappa shape index (κ3) is 3.67. The van der Waals surface area contributed by atoms with Crippen LogP contribution in [0.2, 0.25) is 0 Å². The number of hydrogen-bond acceptors (Lipinski definition) is 4. The molecule has 1 unspecified atom stereocenters. The van der Waals surface area contributed by atoms with Gasteiger partial charge < -0.3 is 11.1 Å². The van der Waals surface area contributed by atoms with Crippen LogP contribution in [0.4, 0.5) is 0 Å². The lowest BCUT2D eigenvalue weighted by Gasteiger charge is -2.11. The highest BCUT2D eigenvalue weighted by atomic mass is 16.1. The van der Waals surface area contributed by atoms with Crippen LogP contribution in [0.1, 0.15) is 19.2 Å². The minimum Gasteiger partial charge on any atom is -0.355 e. The van der Waals surface area contributed by atoms with Crippen molar-refractivity contribution in [3.8, 4) is 0 Å². The smallest absolute Gasteiger partial charge is 0.224 e. The summed E-state index contributed by atoms with van der Waals surface area (Å²) in [5.74, 6) is 0.704. The van der Waals surface area contributed by atoms with Gasteiger partial charge >= 0.3 is 0 Å².